The van der Waals surface area contributed by atoms with Crippen molar-refractivity contribution in [2.24, 2.45) is 10.9 Å². The van der Waals surface area contributed by atoms with Crippen LogP contribution in [-0.4, -0.2) is 31.3 Å². The maximum Gasteiger partial charge on any atom is 0.345 e. The van der Waals surface area contributed by atoms with Crippen LogP contribution >= 0.6 is 11.6 Å². The van der Waals surface area contributed by atoms with E-state index in [9.17, 15) is 9.59 Å². The summed E-state index contributed by atoms with van der Waals surface area (Å²) in [7, 11) is 1.60. The molecule has 0 saturated heterocycles. The molecule has 1 unspecified atom stereocenters. The predicted octanol–water partition coefficient (Wildman–Crippen LogP) is 2.89. The lowest BCUT2D eigenvalue weighted by Gasteiger charge is -2.27. The van der Waals surface area contributed by atoms with Crippen LogP contribution in [0.4, 0.5) is 0 Å². The van der Waals surface area contributed by atoms with Crippen LogP contribution in [0.3, 0.4) is 0 Å². The smallest absolute Gasteiger partial charge is 0.345 e. The minimum atomic E-state index is -0.693. The molecule has 1 heterocycles. The van der Waals surface area contributed by atoms with E-state index < -0.39 is 17.8 Å². The zero-order valence-electron chi connectivity index (χ0n) is 15.0. The number of dihydropyridines is 1. The summed E-state index contributed by atoms with van der Waals surface area (Å²) >= 11 is 6.21. The van der Waals surface area contributed by atoms with Crippen LogP contribution in [0.5, 0.6) is 5.75 Å². The molecule has 3 rings (SSSR count). The molecule has 0 aromatic heterocycles. The number of rotatable bonds is 6. The van der Waals surface area contributed by atoms with E-state index in [1.54, 1.807) is 26.2 Å². The Morgan fingerprint density at radius 2 is 2.04 bits per heavy atom. The lowest BCUT2D eigenvalue weighted by molar-refractivity contribution is -0.140. The van der Waals surface area contributed by atoms with Crippen molar-refractivity contribution in [1.82, 2.24) is 5.32 Å². The second kappa shape index (κ2) is 8.22. The fraction of sp³-hybridized carbons (Fsp3) is 0.250. The van der Waals surface area contributed by atoms with Crippen molar-refractivity contribution >= 4 is 29.2 Å². The number of fused-ring (bicyclic) bond motifs is 1. The van der Waals surface area contributed by atoms with Crippen molar-refractivity contribution in [3.8, 4) is 5.75 Å². The minimum absolute atomic E-state index is 0.0878. The first-order valence-corrected chi connectivity index (χ1v) is 8.88. The van der Waals surface area contributed by atoms with Crippen LogP contribution in [0.1, 0.15) is 12.5 Å². The lowest BCUT2D eigenvalue weighted by atomic mass is 9.88. The highest BCUT2D eigenvalue weighted by atomic mass is 35.5. The number of nitrogens with one attached hydrogen (secondary N) is 1. The quantitative estimate of drug-likeness (QED) is 0.601. The Labute approximate surface area is 162 Å². The number of amides is 1. The van der Waals surface area contributed by atoms with E-state index in [1.807, 2.05) is 30.3 Å². The average molecular weight is 387 g/mol. The third-order valence-electron chi connectivity index (χ3n) is 4.22. The monoisotopic (exact) mass is 386 g/mol. The van der Waals surface area contributed by atoms with Crippen molar-refractivity contribution < 1.29 is 19.1 Å². The summed E-state index contributed by atoms with van der Waals surface area (Å²) < 4.78 is 10.2. The maximum atomic E-state index is 12.5. The van der Waals surface area contributed by atoms with E-state index in [-0.39, 0.29) is 12.2 Å². The largest absolute Gasteiger partial charge is 0.497 e. The normalized spacial score (nSPS) is 18.5. The summed E-state index contributed by atoms with van der Waals surface area (Å²) in [6.45, 7) is 2.26. The van der Waals surface area contributed by atoms with Gasteiger partial charge in [-0.2, -0.15) is 0 Å². The fourth-order valence-corrected chi connectivity index (χ4v) is 3.14. The molecule has 1 atom stereocenters. The number of ether oxygens (including phenoxy) is 2. The number of methoxy groups -OCH3 is 1. The molecule has 27 heavy (non-hydrogen) atoms. The number of allylic oxidation sites excluding steroid dienone is 4. The molecule has 0 radical (unpaired) electrons. The van der Waals surface area contributed by atoms with Crippen molar-refractivity contribution in [2.45, 2.75) is 13.5 Å². The Morgan fingerprint density at radius 1 is 1.30 bits per heavy atom. The average Bonchev–Trinajstić information content (AvgIpc) is 2.67. The van der Waals surface area contributed by atoms with Gasteiger partial charge in [-0.3, -0.25) is 4.79 Å². The number of aliphatic imine (C=N–C) groups is 1. The number of esters is 1. The van der Waals surface area contributed by atoms with Crippen molar-refractivity contribution in [3.05, 3.63) is 64.4 Å². The number of nitrogens with zero attached hydrogens (tertiary/aromatic N) is 1. The Bertz CT molecular complexity index is 882. The molecule has 6 nitrogen and oxygen atoms in total. The van der Waals surface area contributed by atoms with Crippen LogP contribution in [-0.2, 0) is 20.9 Å². The highest BCUT2D eigenvalue weighted by molar-refractivity contribution is 6.46. The summed E-state index contributed by atoms with van der Waals surface area (Å²) in [5.74, 6) is -1.00. The number of carbonyl (C=O) groups excluding carboxylic acids is 2. The van der Waals surface area contributed by atoms with Gasteiger partial charge in [0.25, 0.3) is 5.91 Å². The van der Waals surface area contributed by atoms with Gasteiger partial charge in [0.2, 0.25) is 0 Å². The summed E-state index contributed by atoms with van der Waals surface area (Å²) in [5, 5.41) is 3.59. The van der Waals surface area contributed by atoms with Gasteiger partial charge in [-0.25, -0.2) is 9.79 Å². The van der Waals surface area contributed by atoms with Gasteiger partial charge in [-0.15, -0.1) is 0 Å². The van der Waals surface area contributed by atoms with E-state index in [1.165, 1.54) is 0 Å². The van der Waals surface area contributed by atoms with Crippen LogP contribution in [0.15, 0.2) is 63.8 Å². The van der Waals surface area contributed by atoms with E-state index in [4.69, 9.17) is 21.1 Å². The Morgan fingerprint density at radius 3 is 2.70 bits per heavy atom. The molecule has 1 aliphatic carbocycles. The number of carbonyl (C=O) groups is 2. The third kappa shape index (κ3) is 3.95. The summed E-state index contributed by atoms with van der Waals surface area (Å²) in [6.07, 6.45) is 5.28. The third-order valence-corrected chi connectivity index (χ3v) is 4.54. The van der Waals surface area contributed by atoms with Crippen molar-refractivity contribution in [2.75, 3.05) is 13.7 Å². The molecule has 0 bridgehead atoms. The van der Waals surface area contributed by atoms with Crippen LogP contribution in [0.2, 0.25) is 0 Å². The van der Waals surface area contributed by atoms with E-state index in [0.29, 0.717) is 23.0 Å². The summed E-state index contributed by atoms with van der Waals surface area (Å²) in [6, 6.07) is 7.49. The Hall–Kier alpha value is -2.86. The van der Waals surface area contributed by atoms with Crippen LogP contribution < -0.4 is 10.1 Å². The van der Waals surface area contributed by atoms with Gasteiger partial charge < -0.3 is 14.8 Å². The van der Waals surface area contributed by atoms with Gasteiger partial charge in [0.05, 0.1) is 30.4 Å². The second-order valence-electron chi connectivity index (χ2n) is 5.89. The van der Waals surface area contributed by atoms with Crippen molar-refractivity contribution in [3.63, 3.8) is 0 Å². The molecule has 1 aromatic rings. The van der Waals surface area contributed by atoms with E-state index in [0.717, 1.165) is 11.3 Å². The Kier molecular flexibility index (Phi) is 5.76. The van der Waals surface area contributed by atoms with Gasteiger partial charge in [-0.05, 0) is 30.7 Å². The molecule has 2 aliphatic rings. The number of hydrogen-bond donors (Lipinski definition) is 1. The molecule has 140 valence electrons. The first kappa shape index (κ1) is 18.9. The van der Waals surface area contributed by atoms with E-state index >= 15 is 0 Å². The molecule has 7 heteroatoms. The standard InChI is InChI=1S/C20H19ClN2O4/c1-3-27-20(25)16-18(22-11-12-7-9-13(26-2)10-8-12)14-5-4-6-15(21)17(14)23-19(16)24/h4-10,14,22H,3,11H2,1-2H3. The molecule has 0 fully saturated rings. The van der Waals surface area contributed by atoms with Gasteiger partial charge in [0, 0.05) is 12.2 Å². The SMILES string of the molecule is CCOC(=O)C1=C(NCc2ccc(OC)cc2)C2C=CC=C(Cl)C2=NC1=O. The van der Waals surface area contributed by atoms with Crippen LogP contribution in [0.25, 0.3) is 0 Å². The predicted molar refractivity (Wildman–Crippen MR) is 103 cm³/mol. The fourth-order valence-electron chi connectivity index (χ4n) is 2.91. The molecule has 1 aromatic carbocycles. The maximum absolute atomic E-state index is 12.5. The van der Waals surface area contributed by atoms with Gasteiger partial charge in [-0.1, -0.05) is 35.9 Å². The molecular formula is C20H19ClN2O4. The number of halogens is 1. The van der Waals surface area contributed by atoms with Gasteiger partial charge in [0.15, 0.2) is 0 Å². The van der Waals surface area contributed by atoms with Crippen LogP contribution in [0, 0.1) is 5.92 Å². The summed E-state index contributed by atoms with van der Waals surface area (Å²) in [5.41, 5.74) is 1.75. The van der Waals surface area contributed by atoms with Gasteiger partial charge in [0.1, 0.15) is 11.3 Å². The highest BCUT2D eigenvalue weighted by Crippen LogP contribution is 2.31. The van der Waals surface area contributed by atoms with Crippen molar-refractivity contribution in [1.29, 1.82) is 0 Å². The first-order chi connectivity index (χ1) is 13.0. The molecule has 1 aliphatic heterocycles. The number of hydrogen-bond acceptors (Lipinski definition) is 5. The highest BCUT2D eigenvalue weighted by Gasteiger charge is 2.36. The Balaban J connectivity index is 1.92. The van der Waals surface area contributed by atoms with E-state index in [2.05, 4.69) is 10.3 Å². The number of benzene rings is 1. The molecular weight excluding hydrogens is 368 g/mol. The minimum Gasteiger partial charge on any atom is -0.497 e. The zero-order valence-corrected chi connectivity index (χ0v) is 15.7. The lowest BCUT2D eigenvalue weighted by Crippen LogP contribution is -2.36. The molecule has 1 amide bonds. The summed E-state index contributed by atoms with van der Waals surface area (Å²) in [4.78, 5) is 28.9. The zero-order chi connectivity index (χ0) is 19.4. The second-order valence-corrected chi connectivity index (χ2v) is 6.30. The topological polar surface area (TPSA) is 77.0 Å². The molecule has 1 N–H and O–H groups in total. The molecule has 0 spiro atoms. The van der Waals surface area contributed by atoms with Gasteiger partial charge >= 0.3 is 5.97 Å². The molecule has 0 saturated carbocycles. The first-order valence-electron chi connectivity index (χ1n) is 8.50.